The molecule has 0 aliphatic carbocycles. The van der Waals surface area contributed by atoms with Crippen LogP contribution in [0.2, 0.25) is 0 Å². The fourth-order valence-electron chi connectivity index (χ4n) is 2.00. The maximum atomic E-state index is 12.4. The van der Waals surface area contributed by atoms with Crippen LogP contribution < -0.4 is 4.72 Å². The first-order valence-electron chi connectivity index (χ1n) is 6.99. The zero-order valence-electron chi connectivity index (χ0n) is 13.1. The SMILES string of the molecule is Cc1ccc(NS(=O)(=O)c2ccc(C(C)(C)C)cc2)cc1Br. The molecule has 0 unspecified atom stereocenters. The van der Waals surface area contributed by atoms with Crippen molar-refractivity contribution in [3.8, 4) is 0 Å². The number of sulfonamides is 1. The molecule has 0 spiro atoms. The van der Waals surface area contributed by atoms with E-state index in [-0.39, 0.29) is 10.3 Å². The van der Waals surface area contributed by atoms with Crippen molar-refractivity contribution in [1.82, 2.24) is 0 Å². The van der Waals surface area contributed by atoms with Crippen LogP contribution in [0.4, 0.5) is 5.69 Å². The minimum Gasteiger partial charge on any atom is -0.280 e. The Hall–Kier alpha value is -1.33. The lowest BCUT2D eigenvalue weighted by Crippen LogP contribution is -2.15. The fourth-order valence-corrected chi connectivity index (χ4v) is 3.43. The maximum Gasteiger partial charge on any atom is 0.261 e. The standard InChI is InChI=1S/C17H20BrNO2S/c1-12-5-8-14(11-16(12)18)19-22(20,21)15-9-6-13(7-10-15)17(2,3)4/h5-11,19H,1-4H3. The Morgan fingerprint density at radius 2 is 1.59 bits per heavy atom. The summed E-state index contributed by atoms with van der Waals surface area (Å²) < 4.78 is 28.3. The topological polar surface area (TPSA) is 46.2 Å². The van der Waals surface area contributed by atoms with E-state index in [0.29, 0.717) is 5.69 Å². The third-order valence-electron chi connectivity index (χ3n) is 3.45. The summed E-state index contributed by atoms with van der Waals surface area (Å²) in [4.78, 5) is 0.261. The highest BCUT2D eigenvalue weighted by Gasteiger charge is 2.17. The second-order valence-electron chi connectivity index (χ2n) is 6.34. The molecule has 2 aromatic carbocycles. The lowest BCUT2D eigenvalue weighted by atomic mass is 9.87. The number of anilines is 1. The van der Waals surface area contributed by atoms with Crippen molar-refractivity contribution in [3.63, 3.8) is 0 Å². The molecule has 0 aliphatic rings. The second kappa shape index (κ2) is 6.05. The highest BCUT2D eigenvalue weighted by molar-refractivity contribution is 9.10. The van der Waals surface area contributed by atoms with Gasteiger partial charge in [-0.1, -0.05) is 54.9 Å². The van der Waals surface area contributed by atoms with Crippen LogP contribution in [0.5, 0.6) is 0 Å². The van der Waals surface area contributed by atoms with Gasteiger partial charge in [0.1, 0.15) is 0 Å². The largest absolute Gasteiger partial charge is 0.280 e. The van der Waals surface area contributed by atoms with Gasteiger partial charge >= 0.3 is 0 Å². The summed E-state index contributed by atoms with van der Waals surface area (Å²) in [7, 11) is -3.58. The van der Waals surface area contributed by atoms with E-state index in [1.807, 2.05) is 25.1 Å². The van der Waals surface area contributed by atoms with E-state index in [0.717, 1.165) is 15.6 Å². The zero-order valence-corrected chi connectivity index (χ0v) is 15.5. The molecule has 22 heavy (non-hydrogen) atoms. The normalized spacial score (nSPS) is 12.2. The second-order valence-corrected chi connectivity index (χ2v) is 8.88. The first kappa shape index (κ1) is 17.0. The van der Waals surface area contributed by atoms with Crippen LogP contribution in [0, 0.1) is 6.92 Å². The molecule has 0 bridgehead atoms. The van der Waals surface area contributed by atoms with Crippen molar-refractivity contribution >= 4 is 31.6 Å². The van der Waals surface area contributed by atoms with Crippen molar-refractivity contribution < 1.29 is 8.42 Å². The highest BCUT2D eigenvalue weighted by Crippen LogP contribution is 2.25. The summed E-state index contributed by atoms with van der Waals surface area (Å²) in [5.41, 5.74) is 2.69. The molecule has 0 fully saturated rings. The smallest absolute Gasteiger partial charge is 0.261 e. The molecule has 2 aromatic rings. The van der Waals surface area contributed by atoms with Gasteiger partial charge in [-0.05, 0) is 47.7 Å². The van der Waals surface area contributed by atoms with E-state index in [9.17, 15) is 8.42 Å². The van der Waals surface area contributed by atoms with E-state index in [1.165, 1.54) is 0 Å². The van der Waals surface area contributed by atoms with Gasteiger partial charge in [0.25, 0.3) is 10.0 Å². The summed E-state index contributed by atoms with van der Waals surface area (Å²) in [6.45, 7) is 8.24. The van der Waals surface area contributed by atoms with Crippen LogP contribution >= 0.6 is 15.9 Å². The average Bonchev–Trinajstić information content (AvgIpc) is 2.42. The first-order valence-corrected chi connectivity index (χ1v) is 9.27. The minimum absolute atomic E-state index is 0.00244. The van der Waals surface area contributed by atoms with Gasteiger partial charge in [-0.25, -0.2) is 8.42 Å². The van der Waals surface area contributed by atoms with Gasteiger partial charge in [-0.3, -0.25) is 4.72 Å². The van der Waals surface area contributed by atoms with E-state index in [2.05, 4.69) is 41.4 Å². The third kappa shape index (κ3) is 3.90. The molecule has 0 saturated carbocycles. The number of hydrogen-bond donors (Lipinski definition) is 1. The molecule has 0 saturated heterocycles. The maximum absolute atomic E-state index is 12.4. The zero-order chi connectivity index (χ0) is 16.5. The average molecular weight is 382 g/mol. The summed E-state index contributed by atoms with van der Waals surface area (Å²) >= 11 is 3.41. The van der Waals surface area contributed by atoms with Crippen molar-refractivity contribution in [2.45, 2.75) is 38.0 Å². The van der Waals surface area contributed by atoms with Crippen molar-refractivity contribution in [2.24, 2.45) is 0 Å². The molecule has 0 aromatic heterocycles. The Kier molecular flexibility index (Phi) is 4.68. The lowest BCUT2D eigenvalue weighted by molar-refractivity contribution is 0.587. The Morgan fingerprint density at radius 3 is 2.09 bits per heavy atom. The molecule has 3 nitrogen and oxygen atoms in total. The molecule has 0 aliphatic heterocycles. The number of aryl methyl sites for hydroxylation is 1. The van der Waals surface area contributed by atoms with E-state index >= 15 is 0 Å². The van der Waals surface area contributed by atoms with E-state index in [1.54, 1.807) is 24.3 Å². The van der Waals surface area contributed by atoms with Gasteiger partial charge in [-0.2, -0.15) is 0 Å². The van der Waals surface area contributed by atoms with E-state index in [4.69, 9.17) is 0 Å². The number of nitrogens with one attached hydrogen (secondary N) is 1. The Balaban J connectivity index is 2.28. The number of benzene rings is 2. The van der Waals surface area contributed by atoms with Gasteiger partial charge in [0.05, 0.1) is 4.90 Å². The lowest BCUT2D eigenvalue weighted by Gasteiger charge is -2.19. The first-order chi connectivity index (χ1) is 10.1. The monoisotopic (exact) mass is 381 g/mol. The third-order valence-corrected chi connectivity index (χ3v) is 5.71. The molecule has 0 radical (unpaired) electrons. The van der Waals surface area contributed by atoms with Crippen molar-refractivity contribution in [3.05, 3.63) is 58.1 Å². The molecule has 1 N–H and O–H groups in total. The quantitative estimate of drug-likeness (QED) is 0.825. The van der Waals surface area contributed by atoms with Crippen molar-refractivity contribution in [2.75, 3.05) is 4.72 Å². The number of halogens is 1. The summed E-state index contributed by atoms with van der Waals surface area (Å²) in [6, 6.07) is 12.4. The number of hydrogen-bond acceptors (Lipinski definition) is 2. The van der Waals surface area contributed by atoms with Gasteiger partial charge < -0.3 is 0 Å². The van der Waals surface area contributed by atoms with Gasteiger partial charge in [0.15, 0.2) is 0 Å². The van der Waals surface area contributed by atoms with Crippen LogP contribution in [0.3, 0.4) is 0 Å². The Morgan fingerprint density at radius 1 is 1.00 bits per heavy atom. The van der Waals surface area contributed by atoms with Gasteiger partial charge in [-0.15, -0.1) is 0 Å². The molecule has 5 heteroatoms. The molecule has 0 amide bonds. The van der Waals surface area contributed by atoms with Crippen LogP contribution in [-0.2, 0) is 15.4 Å². The summed E-state index contributed by atoms with van der Waals surface area (Å²) in [6.07, 6.45) is 0. The molecular weight excluding hydrogens is 362 g/mol. The predicted octanol–water partition coefficient (Wildman–Crippen LogP) is 4.86. The summed E-state index contributed by atoms with van der Waals surface area (Å²) in [5.74, 6) is 0. The summed E-state index contributed by atoms with van der Waals surface area (Å²) in [5, 5.41) is 0. The Labute approximate surface area is 140 Å². The highest BCUT2D eigenvalue weighted by atomic mass is 79.9. The predicted molar refractivity (Wildman–Crippen MR) is 94.8 cm³/mol. The molecule has 2 rings (SSSR count). The molecular formula is C17H20BrNO2S. The fraction of sp³-hybridized carbons (Fsp3) is 0.294. The van der Waals surface area contributed by atoms with Gasteiger partial charge in [0.2, 0.25) is 0 Å². The van der Waals surface area contributed by atoms with Crippen LogP contribution in [0.25, 0.3) is 0 Å². The van der Waals surface area contributed by atoms with Crippen LogP contribution in [-0.4, -0.2) is 8.42 Å². The Bertz CT molecular complexity index is 775. The molecule has 0 atom stereocenters. The van der Waals surface area contributed by atoms with Crippen LogP contribution in [0.1, 0.15) is 31.9 Å². The van der Waals surface area contributed by atoms with Crippen molar-refractivity contribution in [1.29, 1.82) is 0 Å². The molecule has 0 heterocycles. The minimum atomic E-state index is -3.58. The van der Waals surface area contributed by atoms with E-state index < -0.39 is 10.0 Å². The molecule has 118 valence electrons. The number of rotatable bonds is 3. The van der Waals surface area contributed by atoms with Gasteiger partial charge in [0, 0.05) is 10.2 Å². The van der Waals surface area contributed by atoms with Crippen LogP contribution in [0.15, 0.2) is 51.8 Å².